The van der Waals surface area contributed by atoms with Crippen LogP contribution in [-0.2, 0) is 22.4 Å². The van der Waals surface area contributed by atoms with E-state index in [4.69, 9.17) is 9.47 Å². The Kier molecular flexibility index (Phi) is 6.97. The molecular formula is C16H23N5O5S. The molecule has 0 aliphatic heterocycles. The standard InChI is InChI=1S/C16H23N5O5S/c1-5-25-15(24)13-19-18-12(27-13)7-6-10(22)8-21-9-11(17-20-21)14(23)26-16(2,3)4/h9-10,22H,5-8H2,1-4H3. The number of carbonyl (C=O) groups is 2. The zero-order valence-electron chi connectivity index (χ0n) is 15.7. The van der Waals surface area contributed by atoms with Gasteiger partial charge in [0, 0.05) is 6.42 Å². The minimum Gasteiger partial charge on any atom is -0.461 e. The Bertz CT molecular complexity index is 782. The first-order valence-electron chi connectivity index (χ1n) is 8.49. The quantitative estimate of drug-likeness (QED) is 0.654. The Hall–Kier alpha value is -2.40. The van der Waals surface area contributed by atoms with Gasteiger partial charge in [-0.2, -0.15) is 0 Å². The number of aryl methyl sites for hydroxylation is 1. The van der Waals surface area contributed by atoms with Crippen molar-refractivity contribution in [1.29, 1.82) is 0 Å². The van der Waals surface area contributed by atoms with Crippen LogP contribution in [0.5, 0.6) is 0 Å². The molecule has 0 aliphatic rings. The summed E-state index contributed by atoms with van der Waals surface area (Å²) in [5.74, 6) is -1.07. The van der Waals surface area contributed by atoms with Crippen LogP contribution in [0.15, 0.2) is 6.20 Å². The van der Waals surface area contributed by atoms with Gasteiger partial charge in [-0.05, 0) is 34.1 Å². The Balaban J connectivity index is 1.83. The van der Waals surface area contributed by atoms with Crippen molar-refractivity contribution in [2.45, 2.75) is 58.8 Å². The van der Waals surface area contributed by atoms with E-state index in [0.29, 0.717) is 17.8 Å². The monoisotopic (exact) mass is 397 g/mol. The Morgan fingerprint density at radius 2 is 2.00 bits per heavy atom. The number of aromatic nitrogens is 5. The van der Waals surface area contributed by atoms with Crippen molar-refractivity contribution in [2.24, 2.45) is 0 Å². The fraction of sp³-hybridized carbons (Fsp3) is 0.625. The molecule has 2 heterocycles. The first-order valence-corrected chi connectivity index (χ1v) is 9.30. The van der Waals surface area contributed by atoms with Gasteiger partial charge in [0.15, 0.2) is 5.69 Å². The van der Waals surface area contributed by atoms with Gasteiger partial charge in [-0.25, -0.2) is 14.3 Å². The third-order valence-electron chi connectivity index (χ3n) is 3.15. The molecular weight excluding hydrogens is 374 g/mol. The average molecular weight is 397 g/mol. The summed E-state index contributed by atoms with van der Waals surface area (Å²) in [6.07, 6.45) is 1.54. The molecule has 0 spiro atoms. The molecule has 2 aromatic rings. The first-order chi connectivity index (χ1) is 12.7. The number of ether oxygens (including phenoxy) is 2. The van der Waals surface area contributed by atoms with Crippen LogP contribution in [0.4, 0.5) is 0 Å². The fourth-order valence-electron chi connectivity index (χ4n) is 2.04. The molecule has 0 saturated carbocycles. The molecule has 0 saturated heterocycles. The molecule has 27 heavy (non-hydrogen) atoms. The van der Waals surface area contributed by atoms with Gasteiger partial charge in [0.05, 0.1) is 25.5 Å². The highest BCUT2D eigenvalue weighted by atomic mass is 32.1. The van der Waals surface area contributed by atoms with Crippen molar-refractivity contribution in [1.82, 2.24) is 25.2 Å². The van der Waals surface area contributed by atoms with Crippen molar-refractivity contribution >= 4 is 23.3 Å². The second-order valence-corrected chi connectivity index (χ2v) is 7.80. The summed E-state index contributed by atoms with van der Waals surface area (Å²) in [7, 11) is 0. The fourth-order valence-corrected chi connectivity index (χ4v) is 2.79. The smallest absolute Gasteiger partial charge is 0.369 e. The highest BCUT2D eigenvalue weighted by Gasteiger charge is 2.21. The molecule has 1 atom stereocenters. The lowest BCUT2D eigenvalue weighted by Crippen LogP contribution is -2.24. The van der Waals surface area contributed by atoms with E-state index in [1.807, 2.05) is 0 Å². The van der Waals surface area contributed by atoms with Crippen LogP contribution in [0.2, 0.25) is 0 Å². The predicted molar refractivity (Wildman–Crippen MR) is 95.4 cm³/mol. The van der Waals surface area contributed by atoms with E-state index >= 15 is 0 Å². The van der Waals surface area contributed by atoms with Gasteiger partial charge in [-0.15, -0.1) is 15.3 Å². The highest BCUT2D eigenvalue weighted by Crippen LogP contribution is 2.14. The van der Waals surface area contributed by atoms with Gasteiger partial charge in [0.2, 0.25) is 5.01 Å². The van der Waals surface area contributed by atoms with Crippen LogP contribution in [0, 0.1) is 0 Å². The number of aliphatic hydroxyl groups is 1. The molecule has 10 nitrogen and oxygen atoms in total. The molecule has 0 aliphatic carbocycles. The molecule has 148 valence electrons. The van der Waals surface area contributed by atoms with Gasteiger partial charge in [0.1, 0.15) is 10.6 Å². The molecule has 0 radical (unpaired) electrons. The van der Waals surface area contributed by atoms with E-state index in [0.717, 1.165) is 11.3 Å². The number of hydrogen-bond acceptors (Lipinski definition) is 10. The summed E-state index contributed by atoms with van der Waals surface area (Å²) < 4.78 is 11.5. The average Bonchev–Trinajstić information content (AvgIpc) is 3.21. The lowest BCUT2D eigenvalue weighted by molar-refractivity contribution is 0.00623. The molecule has 11 heteroatoms. The van der Waals surface area contributed by atoms with Gasteiger partial charge in [-0.1, -0.05) is 16.6 Å². The molecule has 0 bridgehead atoms. The van der Waals surface area contributed by atoms with Crippen molar-refractivity contribution < 1.29 is 24.2 Å². The zero-order valence-corrected chi connectivity index (χ0v) is 16.5. The lowest BCUT2D eigenvalue weighted by Gasteiger charge is -2.18. The normalized spacial score (nSPS) is 12.6. The summed E-state index contributed by atoms with van der Waals surface area (Å²) in [6.45, 7) is 7.45. The van der Waals surface area contributed by atoms with Crippen molar-refractivity contribution in [3.05, 3.63) is 21.9 Å². The second kappa shape index (κ2) is 9.00. The van der Waals surface area contributed by atoms with Crippen LogP contribution in [0.25, 0.3) is 0 Å². The summed E-state index contributed by atoms with van der Waals surface area (Å²) >= 11 is 1.14. The molecule has 1 unspecified atom stereocenters. The summed E-state index contributed by atoms with van der Waals surface area (Å²) in [5, 5.41) is 26.3. The number of aliphatic hydroxyl groups excluding tert-OH is 1. The van der Waals surface area contributed by atoms with E-state index < -0.39 is 23.6 Å². The molecule has 2 rings (SSSR count). The maximum atomic E-state index is 11.9. The second-order valence-electron chi connectivity index (χ2n) is 6.74. The van der Waals surface area contributed by atoms with Crippen molar-refractivity contribution in [3.63, 3.8) is 0 Å². The molecule has 2 aromatic heterocycles. The largest absolute Gasteiger partial charge is 0.461 e. The number of rotatable bonds is 8. The Labute approximate surface area is 160 Å². The van der Waals surface area contributed by atoms with Crippen LogP contribution in [0.1, 0.15) is 59.4 Å². The van der Waals surface area contributed by atoms with Crippen molar-refractivity contribution in [2.75, 3.05) is 6.61 Å². The minimum absolute atomic E-state index is 0.0836. The van der Waals surface area contributed by atoms with Crippen LogP contribution >= 0.6 is 11.3 Å². The van der Waals surface area contributed by atoms with Gasteiger partial charge >= 0.3 is 11.9 Å². The number of hydrogen-bond donors (Lipinski definition) is 1. The molecule has 0 aromatic carbocycles. The van der Waals surface area contributed by atoms with E-state index in [1.165, 1.54) is 10.9 Å². The minimum atomic E-state index is -0.729. The van der Waals surface area contributed by atoms with Crippen LogP contribution < -0.4 is 0 Å². The third-order valence-corrected chi connectivity index (χ3v) is 4.12. The topological polar surface area (TPSA) is 129 Å². The maximum Gasteiger partial charge on any atom is 0.369 e. The third kappa shape index (κ3) is 6.68. The van der Waals surface area contributed by atoms with E-state index in [9.17, 15) is 14.7 Å². The first kappa shape index (κ1) is 20.9. The number of esters is 2. The van der Waals surface area contributed by atoms with E-state index in [1.54, 1.807) is 27.7 Å². The zero-order chi connectivity index (χ0) is 20.0. The van der Waals surface area contributed by atoms with E-state index in [2.05, 4.69) is 20.5 Å². The van der Waals surface area contributed by atoms with Gasteiger partial charge < -0.3 is 14.6 Å². The Morgan fingerprint density at radius 3 is 2.67 bits per heavy atom. The number of nitrogens with zero attached hydrogens (tertiary/aromatic N) is 5. The summed E-state index contributed by atoms with van der Waals surface area (Å²) in [4.78, 5) is 23.5. The molecule has 1 N–H and O–H groups in total. The summed E-state index contributed by atoms with van der Waals surface area (Å²) in [5.41, 5.74) is -0.537. The Morgan fingerprint density at radius 1 is 1.26 bits per heavy atom. The van der Waals surface area contributed by atoms with E-state index in [-0.39, 0.29) is 23.9 Å². The lowest BCUT2D eigenvalue weighted by atomic mass is 10.2. The molecule has 0 amide bonds. The summed E-state index contributed by atoms with van der Waals surface area (Å²) in [6, 6.07) is 0. The van der Waals surface area contributed by atoms with Gasteiger partial charge in [-0.3, -0.25) is 0 Å². The van der Waals surface area contributed by atoms with Crippen LogP contribution in [0.3, 0.4) is 0 Å². The van der Waals surface area contributed by atoms with Crippen molar-refractivity contribution in [3.8, 4) is 0 Å². The van der Waals surface area contributed by atoms with Crippen LogP contribution in [-0.4, -0.2) is 60.5 Å². The van der Waals surface area contributed by atoms with Gasteiger partial charge in [0.25, 0.3) is 0 Å². The maximum absolute atomic E-state index is 11.9. The highest BCUT2D eigenvalue weighted by molar-refractivity contribution is 7.13. The molecule has 0 fully saturated rings. The SMILES string of the molecule is CCOC(=O)c1nnc(CCC(O)Cn2cc(C(=O)OC(C)(C)C)nn2)s1. The number of carbonyl (C=O) groups excluding carboxylic acids is 2. The predicted octanol–water partition coefficient (Wildman–Crippen LogP) is 1.26.